The van der Waals surface area contributed by atoms with E-state index in [1.807, 2.05) is 13.8 Å². The molecule has 1 heterocycles. The van der Waals surface area contributed by atoms with Gasteiger partial charge in [-0.25, -0.2) is 9.97 Å². The van der Waals surface area contributed by atoms with Gasteiger partial charge in [0.2, 0.25) is 11.9 Å². The summed E-state index contributed by atoms with van der Waals surface area (Å²) in [6.07, 6.45) is 1.66. The van der Waals surface area contributed by atoms with Gasteiger partial charge in [-0.3, -0.25) is 4.79 Å². The fraction of sp³-hybridized carbons (Fsp3) is 0.444. The van der Waals surface area contributed by atoms with E-state index in [4.69, 9.17) is 0 Å². The van der Waals surface area contributed by atoms with Crippen LogP contribution >= 0.6 is 15.9 Å². The van der Waals surface area contributed by atoms with Gasteiger partial charge in [0.1, 0.15) is 0 Å². The monoisotopic (exact) mass is 272 g/mol. The summed E-state index contributed by atoms with van der Waals surface area (Å²) in [5.74, 6) is 0.392. The average Bonchev–Trinajstić information content (AvgIpc) is 2.20. The Bertz CT molecular complexity index is 356. The smallest absolute Gasteiger partial charge is 0.239 e. The first-order valence-electron chi connectivity index (χ1n) is 4.63. The Balaban J connectivity index is 2.51. The Morgan fingerprint density at radius 1 is 1.60 bits per heavy atom. The molecular formula is C9H13BrN4O. The molecular weight excluding hydrogens is 260 g/mol. The number of aryl methyl sites for hydroxylation is 1. The van der Waals surface area contributed by atoms with Crippen LogP contribution in [0.25, 0.3) is 0 Å². The van der Waals surface area contributed by atoms with Gasteiger partial charge in [0, 0.05) is 12.7 Å². The molecule has 0 radical (unpaired) electrons. The van der Waals surface area contributed by atoms with Crippen LogP contribution in [0.15, 0.2) is 10.7 Å². The van der Waals surface area contributed by atoms with Gasteiger partial charge in [-0.1, -0.05) is 0 Å². The summed E-state index contributed by atoms with van der Waals surface area (Å²) in [6, 6.07) is 0. The molecule has 82 valence electrons. The highest BCUT2D eigenvalue weighted by Gasteiger charge is 2.02. The van der Waals surface area contributed by atoms with E-state index in [0.717, 1.165) is 10.2 Å². The van der Waals surface area contributed by atoms with E-state index in [2.05, 4.69) is 36.5 Å². The molecule has 0 aliphatic heterocycles. The molecule has 0 aliphatic rings. The van der Waals surface area contributed by atoms with E-state index >= 15 is 0 Å². The molecule has 5 nitrogen and oxygen atoms in total. The number of anilines is 1. The summed E-state index contributed by atoms with van der Waals surface area (Å²) in [4.78, 5) is 19.3. The third kappa shape index (κ3) is 3.83. The molecule has 0 unspecified atom stereocenters. The number of rotatable bonds is 4. The van der Waals surface area contributed by atoms with Crippen LogP contribution in [0.4, 0.5) is 5.95 Å². The van der Waals surface area contributed by atoms with Gasteiger partial charge in [0.25, 0.3) is 0 Å². The zero-order valence-electron chi connectivity index (χ0n) is 8.67. The van der Waals surface area contributed by atoms with Crippen molar-refractivity contribution in [1.29, 1.82) is 0 Å². The number of likely N-dealkylation sites (N-methyl/N-ethyl adjacent to an activating group) is 1. The third-order valence-corrected chi connectivity index (χ3v) is 2.48. The van der Waals surface area contributed by atoms with Crippen molar-refractivity contribution in [3.05, 3.63) is 16.4 Å². The second-order valence-corrected chi connectivity index (χ2v) is 3.79. The highest BCUT2D eigenvalue weighted by molar-refractivity contribution is 9.10. The van der Waals surface area contributed by atoms with Crippen LogP contribution in [-0.2, 0) is 4.79 Å². The van der Waals surface area contributed by atoms with Crippen molar-refractivity contribution in [1.82, 2.24) is 15.3 Å². The number of nitrogens with one attached hydrogen (secondary N) is 2. The minimum Gasteiger partial charge on any atom is -0.355 e. The Morgan fingerprint density at radius 2 is 2.33 bits per heavy atom. The standard InChI is InChI=1S/C9H13BrN4O/c1-3-11-8(15)5-13-9-12-4-7(10)6(2)14-9/h4H,3,5H2,1-2H3,(H,11,15)(H,12,13,14). The Morgan fingerprint density at radius 3 is 2.93 bits per heavy atom. The molecule has 0 aliphatic carbocycles. The first-order chi connectivity index (χ1) is 7.13. The molecule has 0 bridgehead atoms. The molecule has 0 spiro atoms. The number of halogens is 1. The number of nitrogens with zero attached hydrogens (tertiary/aromatic N) is 2. The Hall–Kier alpha value is -1.17. The van der Waals surface area contributed by atoms with Crippen molar-refractivity contribution in [3.63, 3.8) is 0 Å². The van der Waals surface area contributed by atoms with E-state index < -0.39 is 0 Å². The summed E-state index contributed by atoms with van der Waals surface area (Å²) < 4.78 is 0.853. The first-order valence-corrected chi connectivity index (χ1v) is 5.42. The molecule has 0 aromatic carbocycles. The van der Waals surface area contributed by atoms with Crippen molar-refractivity contribution in [2.24, 2.45) is 0 Å². The zero-order chi connectivity index (χ0) is 11.3. The van der Waals surface area contributed by atoms with Gasteiger partial charge in [-0.15, -0.1) is 0 Å². The van der Waals surface area contributed by atoms with E-state index in [1.54, 1.807) is 6.20 Å². The molecule has 0 atom stereocenters. The fourth-order valence-electron chi connectivity index (χ4n) is 0.957. The average molecular weight is 273 g/mol. The van der Waals surface area contributed by atoms with Crippen LogP contribution < -0.4 is 10.6 Å². The molecule has 2 N–H and O–H groups in total. The maximum Gasteiger partial charge on any atom is 0.239 e. The highest BCUT2D eigenvalue weighted by atomic mass is 79.9. The minimum absolute atomic E-state index is 0.0679. The van der Waals surface area contributed by atoms with Crippen LogP contribution in [0.5, 0.6) is 0 Å². The van der Waals surface area contributed by atoms with Gasteiger partial charge < -0.3 is 10.6 Å². The number of aromatic nitrogens is 2. The van der Waals surface area contributed by atoms with Gasteiger partial charge in [-0.05, 0) is 29.8 Å². The molecule has 0 fully saturated rings. The molecule has 1 aromatic heterocycles. The predicted octanol–water partition coefficient (Wildman–Crippen LogP) is 1.10. The van der Waals surface area contributed by atoms with E-state index in [1.165, 1.54) is 0 Å². The highest BCUT2D eigenvalue weighted by Crippen LogP contribution is 2.12. The number of hydrogen-bond acceptors (Lipinski definition) is 4. The van der Waals surface area contributed by atoms with Gasteiger partial charge in [0.15, 0.2) is 0 Å². The summed E-state index contributed by atoms with van der Waals surface area (Å²) >= 11 is 3.30. The zero-order valence-corrected chi connectivity index (χ0v) is 10.3. The van der Waals surface area contributed by atoms with Crippen LogP contribution in [0.1, 0.15) is 12.6 Å². The van der Waals surface area contributed by atoms with Crippen molar-refractivity contribution in [3.8, 4) is 0 Å². The lowest BCUT2D eigenvalue weighted by Gasteiger charge is -2.05. The van der Waals surface area contributed by atoms with E-state index in [9.17, 15) is 4.79 Å². The van der Waals surface area contributed by atoms with Crippen molar-refractivity contribution in [2.75, 3.05) is 18.4 Å². The molecule has 1 rings (SSSR count). The van der Waals surface area contributed by atoms with Gasteiger partial charge in [0.05, 0.1) is 16.7 Å². The van der Waals surface area contributed by atoms with Gasteiger partial charge in [-0.2, -0.15) is 0 Å². The lowest BCUT2D eigenvalue weighted by Crippen LogP contribution is -2.29. The quantitative estimate of drug-likeness (QED) is 0.862. The minimum atomic E-state index is -0.0679. The SMILES string of the molecule is CCNC(=O)CNc1ncc(Br)c(C)n1. The Labute approximate surface area is 96.8 Å². The topological polar surface area (TPSA) is 66.9 Å². The molecule has 0 saturated carbocycles. The van der Waals surface area contributed by atoms with Crippen LogP contribution in [0.3, 0.4) is 0 Å². The number of hydrogen-bond donors (Lipinski definition) is 2. The normalized spacial score (nSPS) is 9.80. The fourth-order valence-corrected chi connectivity index (χ4v) is 1.15. The lowest BCUT2D eigenvalue weighted by molar-refractivity contribution is -0.119. The summed E-state index contributed by atoms with van der Waals surface area (Å²) in [6.45, 7) is 4.55. The summed E-state index contributed by atoms with van der Waals surface area (Å²) in [7, 11) is 0. The van der Waals surface area contributed by atoms with Crippen molar-refractivity contribution < 1.29 is 4.79 Å². The maximum absolute atomic E-state index is 11.1. The third-order valence-electron chi connectivity index (χ3n) is 1.70. The molecule has 0 saturated heterocycles. The second-order valence-electron chi connectivity index (χ2n) is 2.93. The van der Waals surface area contributed by atoms with Crippen molar-refractivity contribution in [2.45, 2.75) is 13.8 Å². The molecule has 15 heavy (non-hydrogen) atoms. The largest absolute Gasteiger partial charge is 0.355 e. The van der Waals surface area contributed by atoms with Crippen LogP contribution in [-0.4, -0.2) is 29.0 Å². The maximum atomic E-state index is 11.1. The lowest BCUT2D eigenvalue weighted by atomic mass is 10.4. The Kier molecular flexibility index (Phi) is 4.48. The summed E-state index contributed by atoms with van der Waals surface area (Å²) in [5.41, 5.74) is 0.836. The predicted molar refractivity (Wildman–Crippen MR) is 61.6 cm³/mol. The van der Waals surface area contributed by atoms with Gasteiger partial charge >= 0.3 is 0 Å². The number of amides is 1. The van der Waals surface area contributed by atoms with Crippen LogP contribution in [0, 0.1) is 6.92 Å². The van der Waals surface area contributed by atoms with Crippen molar-refractivity contribution >= 4 is 27.8 Å². The van der Waals surface area contributed by atoms with E-state index in [-0.39, 0.29) is 12.5 Å². The molecule has 1 amide bonds. The summed E-state index contributed by atoms with van der Waals surface area (Å²) in [5, 5.41) is 5.52. The number of carbonyl (C=O) groups is 1. The first kappa shape index (κ1) is 11.9. The second kappa shape index (κ2) is 5.65. The molecule has 1 aromatic rings. The number of carbonyl (C=O) groups excluding carboxylic acids is 1. The van der Waals surface area contributed by atoms with Crippen LogP contribution in [0.2, 0.25) is 0 Å². The van der Waals surface area contributed by atoms with E-state index in [0.29, 0.717) is 12.5 Å². The molecule has 6 heteroatoms.